The standard InChI is InChI=1S/C17H14FN3O2/c1-2-19-16(22)12-3-5-13(6-4-12)17-20-15(21-23-17)11-7-9-14(18)10-8-11/h3-10H,2H2,1H3,(H,19,22). The smallest absolute Gasteiger partial charge is 0.258 e. The van der Waals surface area contributed by atoms with Crippen molar-refractivity contribution in [1.82, 2.24) is 15.5 Å². The van der Waals surface area contributed by atoms with Crippen molar-refractivity contribution in [2.24, 2.45) is 0 Å². The zero-order valence-corrected chi connectivity index (χ0v) is 12.4. The average Bonchev–Trinajstić information content (AvgIpc) is 3.06. The first-order chi connectivity index (χ1) is 11.2. The molecule has 3 aromatic rings. The zero-order chi connectivity index (χ0) is 16.2. The van der Waals surface area contributed by atoms with E-state index in [0.717, 1.165) is 0 Å². The van der Waals surface area contributed by atoms with Crippen molar-refractivity contribution in [2.45, 2.75) is 6.92 Å². The largest absolute Gasteiger partial charge is 0.352 e. The minimum Gasteiger partial charge on any atom is -0.352 e. The second kappa shape index (κ2) is 6.39. The van der Waals surface area contributed by atoms with Crippen molar-refractivity contribution in [2.75, 3.05) is 6.54 Å². The van der Waals surface area contributed by atoms with E-state index in [1.807, 2.05) is 6.92 Å². The lowest BCUT2D eigenvalue weighted by Gasteiger charge is -2.02. The molecular weight excluding hydrogens is 297 g/mol. The van der Waals surface area contributed by atoms with E-state index in [0.29, 0.717) is 35.0 Å². The number of carbonyl (C=O) groups excluding carboxylic acids is 1. The van der Waals surface area contributed by atoms with Gasteiger partial charge >= 0.3 is 0 Å². The van der Waals surface area contributed by atoms with Crippen molar-refractivity contribution in [3.63, 3.8) is 0 Å². The zero-order valence-electron chi connectivity index (χ0n) is 12.4. The molecule has 1 N–H and O–H groups in total. The molecule has 0 bridgehead atoms. The summed E-state index contributed by atoms with van der Waals surface area (Å²) in [5, 5.41) is 6.62. The summed E-state index contributed by atoms with van der Waals surface area (Å²) in [5.41, 5.74) is 1.94. The van der Waals surface area contributed by atoms with Gasteiger partial charge in [-0.15, -0.1) is 0 Å². The van der Waals surface area contributed by atoms with Crippen LogP contribution >= 0.6 is 0 Å². The highest BCUT2D eigenvalue weighted by atomic mass is 19.1. The third-order valence-electron chi connectivity index (χ3n) is 3.26. The van der Waals surface area contributed by atoms with Crippen LogP contribution in [0.1, 0.15) is 17.3 Å². The summed E-state index contributed by atoms with van der Waals surface area (Å²) in [6.45, 7) is 2.44. The Labute approximate surface area is 132 Å². The molecule has 1 amide bonds. The van der Waals surface area contributed by atoms with Gasteiger partial charge in [0, 0.05) is 23.2 Å². The van der Waals surface area contributed by atoms with E-state index in [1.54, 1.807) is 36.4 Å². The van der Waals surface area contributed by atoms with E-state index < -0.39 is 0 Å². The average molecular weight is 311 g/mol. The van der Waals surface area contributed by atoms with E-state index in [9.17, 15) is 9.18 Å². The Morgan fingerprint density at radius 3 is 2.39 bits per heavy atom. The highest BCUT2D eigenvalue weighted by Gasteiger charge is 2.11. The highest BCUT2D eigenvalue weighted by molar-refractivity contribution is 5.94. The Balaban J connectivity index is 1.83. The summed E-state index contributed by atoms with van der Waals surface area (Å²) in [5.74, 6) is 0.273. The van der Waals surface area contributed by atoms with E-state index >= 15 is 0 Å². The van der Waals surface area contributed by atoms with Crippen LogP contribution < -0.4 is 5.32 Å². The predicted molar refractivity (Wildman–Crippen MR) is 83.1 cm³/mol. The number of nitrogens with one attached hydrogen (secondary N) is 1. The number of aromatic nitrogens is 2. The van der Waals surface area contributed by atoms with Crippen LogP contribution in [-0.4, -0.2) is 22.6 Å². The maximum absolute atomic E-state index is 12.9. The highest BCUT2D eigenvalue weighted by Crippen LogP contribution is 2.22. The van der Waals surface area contributed by atoms with Gasteiger partial charge in [-0.05, 0) is 55.5 Å². The normalized spacial score (nSPS) is 10.5. The Morgan fingerprint density at radius 1 is 1.09 bits per heavy atom. The number of amides is 1. The van der Waals surface area contributed by atoms with Crippen molar-refractivity contribution in [3.8, 4) is 22.8 Å². The minimum absolute atomic E-state index is 0.128. The Morgan fingerprint density at radius 2 is 1.74 bits per heavy atom. The number of rotatable bonds is 4. The number of halogens is 1. The second-order valence-corrected chi connectivity index (χ2v) is 4.87. The lowest BCUT2D eigenvalue weighted by molar-refractivity contribution is 0.0956. The van der Waals surface area contributed by atoms with Gasteiger partial charge in [0.15, 0.2) is 0 Å². The van der Waals surface area contributed by atoms with Gasteiger partial charge in [-0.1, -0.05) is 5.16 Å². The maximum Gasteiger partial charge on any atom is 0.258 e. The van der Waals surface area contributed by atoms with Gasteiger partial charge in [-0.3, -0.25) is 4.79 Å². The molecule has 0 fully saturated rings. The van der Waals surface area contributed by atoms with E-state index in [2.05, 4.69) is 15.5 Å². The number of hydrogen-bond donors (Lipinski definition) is 1. The van der Waals surface area contributed by atoms with Crippen LogP contribution in [0.3, 0.4) is 0 Å². The van der Waals surface area contributed by atoms with E-state index in [4.69, 9.17) is 4.52 Å². The molecule has 1 heterocycles. The molecule has 3 rings (SSSR count). The van der Waals surface area contributed by atoms with Crippen LogP contribution in [0, 0.1) is 5.82 Å². The quantitative estimate of drug-likeness (QED) is 0.803. The van der Waals surface area contributed by atoms with Crippen LogP contribution in [-0.2, 0) is 0 Å². The van der Waals surface area contributed by atoms with Crippen molar-refractivity contribution < 1.29 is 13.7 Å². The first-order valence-electron chi connectivity index (χ1n) is 7.15. The molecule has 6 heteroatoms. The van der Waals surface area contributed by atoms with Crippen LogP contribution in [0.25, 0.3) is 22.8 Å². The Bertz CT molecular complexity index is 811. The van der Waals surface area contributed by atoms with Gasteiger partial charge in [0.25, 0.3) is 11.8 Å². The monoisotopic (exact) mass is 311 g/mol. The molecule has 0 atom stereocenters. The van der Waals surface area contributed by atoms with E-state index in [1.165, 1.54) is 12.1 Å². The Hall–Kier alpha value is -3.02. The van der Waals surface area contributed by atoms with Gasteiger partial charge in [-0.2, -0.15) is 4.98 Å². The summed E-state index contributed by atoms with van der Waals surface area (Å²) < 4.78 is 18.2. The fraction of sp³-hybridized carbons (Fsp3) is 0.118. The lowest BCUT2D eigenvalue weighted by Crippen LogP contribution is -2.22. The molecule has 5 nitrogen and oxygen atoms in total. The number of hydrogen-bond acceptors (Lipinski definition) is 4. The molecule has 0 spiro atoms. The molecule has 0 saturated heterocycles. The number of carbonyl (C=O) groups is 1. The molecule has 0 aliphatic heterocycles. The fourth-order valence-electron chi connectivity index (χ4n) is 2.08. The van der Waals surface area contributed by atoms with Crippen molar-refractivity contribution in [1.29, 1.82) is 0 Å². The number of benzene rings is 2. The Kier molecular flexibility index (Phi) is 4.14. The summed E-state index contributed by atoms with van der Waals surface area (Å²) in [7, 11) is 0. The molecule has 1 aromatic heterocycles. The first kappa shape index (κ1) is 14.9. The SMILES string of the molecule is CCNC(=O)c1ccc(-c2nc(-c3ccc(F)cc3)no2)cc1. The van der Waals surface area contributed by atoms with Crippen molar-refractivity contribution in [3.05, 3.63) is 59.9 Å². The van der Waals surface area contributed by atoms with Gasteiger partial charge in [0.05, 0.1) is 0 Å². The van der Waals surface area contributed by atoms with Crippen LogP contribution in [0.15, 0.2) is 53.1 Å². The molecule has 0 aliphatic carbocycles. The van der Waals surface area contributed by atoms with Crippen LogP contribution in [0.2, 0.25) is 0 Å². The molecule has 0 saturated carbocycles. The summed E-state index contributed by atoms with van der Waals surface area (Å²) in [4.78, 5) is 16.0. The topological polar surface area (TPSA) is 68.0 Å². The second-order valence-electron chi connectivity index (χ2n) is 4.87. The summed E-state index contributed by atoms with van der Waals surface area (Å²) in [6.07, 6.45) is 0. The molecule has 0 unspecified atom stereocenters. The molecule has 0 radical (unpaired) electrons. The summed E-state index contributed by atoms with van der Waals surface area (Å²) >= 11 is 0. The third-order valence-corrected chi connectivity index (χ3v) is 3.26. The van der Waals surface area contributed by atoms with Gasteiger partial charge < -0.3 is 9.84 Å². The van der Waals surface area contributed by atoms with Crippen LogP contribution in [0.5, 0.6) is 0 Å². The molecule has 116 valence electrons. The molecular formula is C17H14FN3O2. The fourth-order valence-corrected chi connectivity index (χ4v) is 2.08. The van der Waals surface area contributed by atoms with Gasteiger partial charge in [0.2, 0.25) is 5.82 Å². The van der Waals surface area contributed by atoms with Gasteiger partial charge in [0.1, 0.15) is 5.82 Å². The minimum atomic E-state index is -0.321. The number of nitrogens with zero attached hydrogens (tertiary/aromatic N) is 2. The summed E-state index contributed by atoms with van der Waals surface area (Å²) in [6, 6.07) is 12.7. The first-order valence-corrected chi connectivity index (χ1v) is 7.15. The molecule has 23 heavy (non-hydrogen) atoms. The van der Waals surface area contributed by atoms with E-state index in [-0.39, 0.29) is 11.7 Å². The predicted octanol–water partition coefficient (Wildman–Crippen LogP) is 3.29. The van der Waals surface area contributed by atoms with Gasteiger partial charge in [-0.25, -0.2) is 4.39 Å². The molecule has 2 aromatic carbocycles. The third kappa shape index (κ3) is 3.26. The molecule has 0 aliphatic rings. The van der Waals surface area contributed by atoms with Crippen LogP contribution in [0.4, 0.5) is 4.39 Å². The van der Waals surface area contributed by atoms with Crippen molar-refractivity contribution >= 4 is 5.91 Å². The maximum atomic E-state index is 12.9. The lowest BCUT2D eigenvalue weighted by atomic mass is 10.1.